The lowest BCUT2D eigenvalue weighted by Gasteiger charge is -2.16. The molecule has 1 atom stereocenters. The van der Waals surface area contributed by atoms with Crippen LogP contribution in [0.5, 0.6) is 0 Å². The maximum Gasteiger partial charge on any atom is 0.324 e. The standard InChI is InChI=1S/C15H23NO4S/c1-4-14(15(17)20-9-11(2)3)21(18,19)10-12-5-7-13(16)8-6-12/h5-8,11,14H,4,9-10,16H2,1-3H3. The van der Waals surface area contributed by atoms with Crippen LogP contribution in [0.4, 0.5) is 5.69 Å². The van der Waals surface area contributed by atoms with Gasteiger partial charge in [-0.1, -0.05) is 32.9 Å². The fourth-order valence-corrected chi connectivity index (χ4v) is 3.58. The second-order valence-corrected chi connectivity index (χ2v) is 7.65. The van der Waals surface area contributed by atoms with Crippen LogP contribution in [0, 0.1) is 5.92 Å². The van der Waals surface area contributed by atoms with Gasteiger partial charge < -0.3 is 10.5 Å². The summed E-state index contributed by atoms with van der Waals surface area (Å²) >= 11 is 0. The number of sulfone groups is 1. The Morgan fingerprint density at radius 1 is 1.24 bits per heavy atom. The van der Waals surface area contributed by atoms with E-state index in [0.717, 1.165) is 0 Å². The molecule has 0 fully saturated rings. The number of hydrogen-bond acceptors (Lipinski definition) is 5. The highest BCUT2D eigenvalue weighted by atomic mass is 32.2. The molecule has 0 bridgehead atoms. The number of nitrogen functional groups attached to an aromatic ring is 1. The van der Waals surface area contributed by atoms with Crippen LogP contribution in [0.15, 0.2) is 24.3 Å². The average Bonchev–Trinajstić information content (AvgIpc) is 2.39. The van der Waals surface area contributed by atoms with E-state index in [1.54, 1.807) is 31.2 Å². The number of esters is 1. The van der Waals surface area contributed by atoms with Crippen LogP contribution in [0.1, 0.15) is 32.8 Å². The predicted molar refractivity (Wildman–Crippen MR) is 83.4 cm³/mol. The molecule has 0 saturated heterocycles. The van der Waals surface area contributed by atoms with Crippen LogP contribution < -0.4 is 5.73 Å². The van der Waals surface area contributed by atoms with Gasteiger partial charge >= 0.3 is 5.97 Å². The Morgan fingerprint density at radius 3 is 2.29 bits per heavy atom. The first-order valence-corrected chi connectivity index (χ1v) is 8.70. The third-order valence-electron chi connectivity index (χ3n) is 2.97. The summed E-state index contributed by atoms with van der Waals surface area (Å²) < 4.78 is 29.8. The lowest BCUT2D eigenvalue weighted by molar-refractivity contribution is -0.144. The number of carbonyl (C=O) groups excluding carboxylic acids is 1. The fourth-order valence-electron chi connectivity index (χ4n) is 1.86. The number of nitrogens with two attached hydrogens (primary N) is 1. The normalized spacial score (nSPS) is 13.1. The molecule has 1 aromatic carbocycles. The molecule has 0 saturated carbocycles. The Hall–Kier alpha value is -1.56. The Balaban J connectivity index is 2.82. The minimum absolute atomic E-state index is 0.172. The van der Waals surface area contributed by atoms with Gasteiger partial charge in [0.25, 0.3) is 0 Å². The molecule has 118 valence electrons. The van der Waals surface area contributed by atoms with Crippen LogP contribution in [0.3, 0.4) is 0 Å². The first-order chi connectivity index (χ1) is 9.76. The molecular weight excluding hydrogens is 290 g/mol. The van der Waals surface area contributed by atoms with Crippen LogP contribution in [0.25, 0.3) is 0 Å². The summed E-state index contributed by atoms with van der Waals surface area (Å²) in [6.45, 7) is 5.70. The van der Waals surface area contributed by atoms with Crippen molar-refractivity contribution in [3.05, 3.63) is 29.8 Å². The maximum atomic E-state index is 12.4. The molecule has 21 heavy (non-hydrogen) atoms. The summed E-state index contributed by atoms with van der Waals surface area (Å²) in [7, 11) is -3.60. The van der Waals surface area contributed by atoms with Gasteiger partial charge in [0.05, 0.1) is 12.4 Å². The van der Waals surface area contributed by atoms with Crippen LogP contribution in [0.2, 0.25) is 0 Å². The predicted octanol–water partition coefficient (Wildman–Crippen LogP) is 2.16. The molecule has 0 aliphatic carbocycles. The van der Waals surface area contributed by atoms with Crippen LogP contribution in [-0.2, 0) is 25.1 Å². The quantitative estimate of drug-likeness (QED) is 0.616. The highest BCUT2D eigenvalue weighted by Gasteiger charge is 2.32. The van der Waals surface area contributed by atoms with Crippen molar-refractivity contribution in [3.63, 3.8) is 0 Å². The Bertz CT molecular complexity index is 564. The van der Waals surface area contributed by atoms with Gasteiger partial charge in [0.15, 0.2) is 15.1 Å². The molecule has 0 aliphatic rings. The second-order valence-electron chi connectivity index (χ2n) is 5.47. The summed E-state index contributed by atoms with van der Waals surface area (Å²) in [6.07, 6.45) is 0.203. The second kappa shape index (κ2) is 7.45. The van der Waals surface area contributed by atoms with Gasteiger partial charge in [0.1, 0.15) is 0 Å². The monoisotopic (exact) mass is 313 g/mol. The topological polar surface area (TPSA) is 86.5 Å². The Kier molecular flexibility index (Phi) is 6.20. The Labute approximate surface area is 126 Å². The van der Waals surface area contributed by atoms with Crippen molar-refractivity contribution in [1.82, 2.24) is 0 Å². The highest BCUT2D eigenvalue weighted by Crippen LogP contribution is 2.17. The van der Waals surface area contributed by atoms with E-state index in [-0.39, 0.29) is 24.7 Å². The Morgan fingerprint density at radius 2 is 1.81 bits per heavy atom. The van der Waals surface area contributed by atoms with E-state index in [2.05, 4.69) is 0 Å². The van der Waals surface area contributed by atoms with Crippen molar-refractivity contribution in [2.24, 2.45) is 5.92 Å². The zero-order valence-electron chi connectivity index (χ0n) is 12.7. The zero-order valence-corrected chi connectivity index (χ0v) is 13.5. The minimum Gasteiger partial charge on any atom is -0.464 e. The van der Waals surface area contributed by atoms with Crippen molar-refractivity contribution in [3.8, 4) is 0 Å². The number of hydrogen-bond donors (Lipinski definition) is 1. The largest absolute Gasteiger partial charge is 0.464 e. The van der Waals surface area contributed by atoms with Gasteiger partial charge in [-0.2, -0.15) is 0 Å². The number of rotatable bonds is 7. The number of carbonyl (C=O) groups is 1. The molecule has 0 aromatic heterocycles. The van der Waals surface area contributed by atoms with E-state index < -0.39 is 21.1 Å². The zero-order chi connectivity index (χ0) is 16.0. The maximum absolute atomic E-state index is 12.4. The highest BCUT2D eigenvalue weighted by molar-refractivity contribution is 7.92. The molecule has 6 heteroatoms. The van der Waals surface area contributed by atoms with E-state index >= 15 is 0 Å². The van der Waals surface area contributed by atoms with E-state index in [1.807, 2.05) is 13.8 Å². The molecule has 0 radical (unpaired) electrons. The molecule has 0 aliphatic heterocycles. The molecule has 0 amide bonds. The molecule has 5 nitrogen and oxygen atoms in total. The van der Waals surface area contributed by atoms with Crippen molar-refractivity contribution < 1.29 is 17.9 Å². The summed E-state index contributed by atoms with van der Waals surface area (Å²) in [5.41, 5.74) is 6.75. The molecule has 1 unspecified atom stereocenters. The van der Waals surface area contributed by atoms with Crippen molar-refractivity contribution in [2.75, 3.05) is 12.3 Å². The molecular formula is C15H23NO4S. The van der Waals surface area contributed by atoms with Crippen LogP contribution >= 0.6 is 0 Å². The number of benzene rings is 1. The average molecular weight is 313 g/mol. The SMILES string of the molecule is CCC(C(=O)OCC(C)C)S(=O)(=O)Cc1ccc(N)cc1. The van der Waals surface area contributed by atoms with Crippen molar-refractivity contribution >= 4 is 21.5 Å². The molecule has 0 heterocycles. The van der Waals surface area contributed by atoms with Gasteiger partial charge in [-0.25, -0.2) is 8.42 Å². The van der Waals surface area contributed by atoms with Gasteiger partial charge in [0, 0.05) is 5.69 Å². The first kappa shape index (κ1) is 17.5. The summed E-state index contributed by atoms with van der Waals surface area (Å²) in [5.74, 6) is -0.685. The summed E-state index contributed by atoms with van der Waals surface area (Å²) in [4.78, 5) is 11.9. The molecule has 1 aromatic rings. The van der Waals surface area contributed by atoms with Crippen molar-refractivity contribution in [2.45, 2.75) is 38.2 Å². The van der Waals surface area contributed by atoms with E-state index in [9.17, 15) is 13.2 Å². The third-order valence-corrected chi connectivity index (χ3v) is 5.10. The molecule has 1 rings (SSSR count). The van der Waals surface area contributed by atoms with E-state index in [1.165, 1.54) is 0 Å². The van der Waals surface area contributed by atoms with Gasteiger partial charge in [0.2, 0.25) is 0 Å². The summed E-state index contributed by atoms with van der Waals surface area (Å²) in [5, 5.41) is -1.12. The molecule has 0 spiro atoms. The fraction of sp³-hybridized carbons (Fsp3) is 0.533. The lowest BCUT2D eigenvalue weighted by atomic mass is 10.2. The summed E-state index contributed by atoms with van der Waals surface area (Å²) in [6, 6.07) is 6.59. The van der Waals surface area contributed by atoms with Gasteiger partial charge in [-0.05, 0) is 30.0 Å². The third kappa shape index (κ3) is 5.38. The van der Waals surface area contributed by atoms with E-state index in [4.69, 9.17) is 10.5 Å². The van der Waals surface area contributed by atoms with Crippen LogP contribution in [-0.4, -0.2) is 26.2 Å². The lowest BCUT2D eigenvalue weighted by Crippen LogP contribution is -2.33. The van der Waals surface area contributed by atoms with Crippen molar-refractivity contribution in [1.29, 1.82) is 0 Å². The minimum atomic E-state index is -3.60. The van der Waals surface area contributed by atoms with Gasteiger partial charge in [-0.3, -0.25) is 4.79 Å². The van der Waals surface area contributed by atoms with E-state index in [0.29, 0.717) is 11.3 Å². The van der Waals surface area contributed by atoms with Gasteiger partial charge in [-0.15, -0.1) is 0 Å². The first-order valence-electron chi connectivity index (χ1n) is 6.99. The smallest absolute Gasteiger partial charge is 0.324 e. The number of anilines is 1. The number of ether oxygens (including phenoxy) is 1. The molecule has 2 N–H and O–H groups in total.